The summed E-state index contributed by atoms with van der Waals surface area (Å²) in [5, 5.41) is 11.2. The molecule has 0 aliphatic carbocycles. The van der Waals surface area contributed by atoms with E-state index >= 15 is 0 Å². The van der Waals surface area contributed by atoms with Gasteiger partial charge in [0, 0.05) is 36.1 Å². The Morgan fingerprint density at radius 3 is 2.63 bits per heavy atom. The second kappa shape index (κ2) is 8.87. The smallest absolute Gasteiger partial charge is 0.224 e. The Morgan fingerprint density at radius 1 is 1.03 bits per heavy atom. The normalized spacial score (nSPS) is 11.9. The number of hydrogen-bond donors (Lipinski definition) is 3. The number of aromatic nitrogens is 9. The molecule has 0 aromatic carbocycles. The van der Waals surface area contributed by atoms with Crippen molar-refractivity contribution in [1.29, 1.82) is 0 Å². The lowest BCUT2D eigenvalue weighted by Gasteiger charge is -2.17. The minimum Gasteiger partial charge on any atom is -0.335 e. The first-order valence-electron chi connectivity index (χ1n) is 12.2. The second-order valence-corrected chi connectivity index (χ2v) is 10.5. The standard InChI is InChI=1S/C27H26N10O/c1-15-13-37(14-31-15)21-12-29-11-20-24(21)34-26(33-20)23-19-6-17(9-30-25(19)36-35-23)16-5-18(10-28-8-16)32-22(38)7-27(2,3)4/h5-6,8-14H,7H2,1-4H3,(H,32,38)(H,33,34)(H,30,35,36). The van der Waals surface area contributed by atoms with Gasteiger partial charge in [0.15, 0.2) is 11.5 Å². The molecular weight excluding hydrogens is 480 g/mol. The van der Waals surface area contributed by atoms with E-state index in [2.05, 4.69) is 40.4 Å². The lowest BCUT2D eigenvalue weighted by atomic mass is 9.92. The number of aromatic amines is 2. The Hall–Kier alpha value is -4.93. The maximum atomic E-state index is 12.4. The van der Waals surface area contributed by atoms with E-state index < -0.39 is 0 Å². The number of carbonyl (C=O) groups excluding carboxylic acids is 1. The zero-order valence-corrected chi connectivity index (χ0v) is 21.4. The summed E-state index contributed by atoms with van der Waals surface area (Å²) < 4.78 is 1.90. The molecule has 6 aromatic heterocycles. The van der Waals surface area contributed by atoms with Crippen molar-refractivity contribution in [3.8, 4) is 28.3 Å². The highest BCUT2D eigenvalue weighted by molar-refractivity contribution is 5.95. The second-order valence-electron chi connectivity index (χ2n) is 10.5. The fourth-order valence-electron chi connectivity index (χ4n) is 4.37. The average Bonchev–Trinajstić information content (AvgIpc) is 3.60. The van der Waals surface area contributed by atoms with Gasteiger partial charge in [-0.05, 0) is 24.5 Å². The van der Waals surface area contributed by atoms with Crippen molar-refractivity contribution in [2.24, 2.45) is 5.41 Å². The summed E-state index contributed by atoms with van der Waals surface area (Å²) in [7, 11) is 0. The van der Waals surface area contributed by atoms with Crippen LogP contribution in [0.4, 0.5) is 5.69 Å². The SMILES string of the molecule is Cc1cn(-c2cncc3[nH]c(-c4[nH]nc5ncc(-c6cncc(NC(=O)CC(C)(C)C)c6)cc45)nc23)cn1. The van der Waals surface area contributed by atoms with E-state index in [1.54, 1.807) is 37.3 Å². The van der Waals surface area contributed by atoms with Crippen LogP contribution in [0.15, 0.2) is 55.6 Å². The van der Waals surface area contributed by atoms with E-state index in [1.165, 1.54) is 0 Å². The van der Waals surface area contributed by atoms with Gasteiger partial charge in [0.05, 0.1) is 52.9 Å². The van der Waals surface area contributed by atoms with E-state index in [1.807, 2.05) is 50.6 Å². The highest BCUT2D eigenvalue weighted by atomic mass is 16.1. The number of pyridine rings is 3. The van der Waals surface area contributed by atoms with Gasteiger partial charge >= 0.3 is 0 Å². The Morgan fingerprint density at radius 2 is 1.84 bits per heavy atom. The van der Waals surface area contributed by atoms with Crippen molar-refractivity contribution in [3.05, 3.63) is 61.3 Å². The van der Waals surface area contributed by atoms with Gasteiger partial charge in [-0.3, -0.25) is 19.9 Å². The highest BCUT2D eigenvalue weighted by Crippen LogP contribution is 2.31. The van der Waals surface area contributed by atoms with Crippen LogP contribution >= 0.6 is 0 Å². The van der Waals surface area contributed by atoms with Crippen molar-refractivity contribution in [2.45, 2.75) is 34.1 Å². The van der Waals surface area contributed by atoms with Crippen molar-refractivity contribution in [2.75, 3.05) is 5.32 Å². The molecule has 0 aliphatic rings. The van der Waals surface area contributed by atoms with Crippen LogP contribution in [0.5, 0.6) is 0 Å². The predicted molar refractivity (Wildman–Crippen MR) is 145 cm³/mol. The Balaban J connectivity index is 1.36. The van der Waals surface area contributed by atoms with E-state index in [9.17, 15) is 4.79 Å². The molecular formula is C27H26N10O. The lowest BCUT2D eigenvalue weighted by Crippen LogP contribution is -2.19. The number of nitrogens with one attached hydrogen (secondary N) is 3. The molecule has 0 bridgehead atoms. The summed E-state index contributed by atoms with van der Waals surface area (Å²) >= 11 is 0. The van der Waals surface area contributed by atoms with Crippen molar-refractivity contribution in [3.63, 3.8) is 0 Å². The quantitative estimate of drug-likeness (QED) is 0.304. The van der Waals surface area contributed by atoms with Crippen LogP contribution in [0.2, 0.25) is 0 Å². The molecule has 0 radical (unpaired) electrons. The molecule has 6 rings (SSSR count). The highest BCUT2D eigenvalue weighted by Gasteiger charge is 2.18. The third-order valence-electron chi connectivity index (χ3n) is 6.06. The number of carbonyl (C=O) groups is 1. The summed E-state index contributed by atoms with van der Waals surface area (Å²) in [5.74, 6) is 0.570. The number of H-pyrrole nitrogens is 2. The number of imidazole rings is 2. The fourth-order valence-corrected chi connectivity index (χ4v) is 4.37. The third kappa shape index (κ3) is 4.49. The lowest BCUT2D eigenvalue weighted by molar-refractivity contribution is -0.117. The largest absolute Gasteiger partial charge is 0.335 e. The van der Waals surface area contributed by atoms with Gasteiger partial charge in [0.2, 0.25) is 5.91 Å². The summed E-state index contributed by atoms with van der Waals surface area (Å²) in [6.45, 7) is 8.03. The first-order valence-corrected chi connectivity index (χ1v) is 12.2. The van der Waals surface area contributed by atoms with Gasteiger partial charge < -0.3 is 14.9 Å². The zero-order chi connectivity index (χ0) is 26.4. The average molecular weight is 507 g/mol. The Kier molecular flexibility index (Phi) is 5.48. The zero-order valence-electron chi connectivity index (χ0n) is 21.4. The molecule has 0 aliphatic heterocycles. The van der Waals surface area contributed by atoms with Gasteiger partial charge in [0.25, 0.3) is 0 Å². The maximum Gasteiger partial charge on any atom is 0.224 e. The van der Waals surface area contributed by atoms with Crippen molar-refractivity contribution >= 4 is 33.7 Å². The van der Waals surface area contributed by atoms with Gasteiger partial charge in [-0.25, -0.2) is 15.0 Å². The molecule has 6 aromatic rings. The van der Waals surface area contributed by atoms with Gasteiger partial charge in [-0.2, -0.15) is 5.10 Å². The van der Waals surface area contributed by atoms with Crippen LogP contribution in [-0.4, -0.2) is 50.6 Å². The number of hydrogen-bond acceptors (Lipinski definition) is 7. The molecule has 38 heavy (non-hydrogen) atoms. The van der Waals surface area contributed by atoms with Crippen LogP contribution in [-0.2, 0) is 4.79 Å². The number of anilines is 1. The Labute approximate surface area is 217 Å². The number of amides is 1. The van der Waals surface area contributed by atoms with E-state index in [0.29, 0.717) is 29.3 Å². The molecule has 0 saturated carbocycles. The third-order valence-corrected chi connectivity index (χ3v) is 6.06. The molecule has 11 heteroatoms. The van der Waals surface area contributed by atoms with Crippen LogP contribution in [0.1, 0.15) is 32.9 Å². The van der Waals surface area contributed by atoms with Crippen LogP contribution in [0.25, 0.3) is 50.4 Å². The van der Waals surface area contributed by atoms with Gasteiger partial charge in [-0.15, -0.1) is 0 Å². The van der Waals surface area contributed by atoms with Crippen LogP contribution in [0.3, 0.4) is 0 Å². The molecule has 190 valence electrons. The summed E-state index contributed by atoms with van der Waals surface area (Å²) in [4.78, 5) is 38.2. The molecule has 0 fully saturated rings. The number of fused-ring (bicyclic) bond motifs is 2. The summed E-state index contributed by atoms with van der Waals surface area (Å²) in [5.41, 5.74) is 6.76. The van der Waals surface area contributed by atoms with E-state index in [-0.39, 0.29) is 11.3 Å². The minimum atomic E-state index is -0.104. The van der Waals surface area contributed by atoms with Crippen LogP contribution in [0, 0.1) is 12.3 Å². The molecule has 1 amide bonds. The van der Waals surface area contributed by atoms with Crippen molar-refractivity contribution in [1.82, 2.24) is 44.7 Å². The molecule has 0 unspecified atom stereocenters. The molecule has 0 saturated heterocycles. The minimum absolute atomic E-state index is 0.0493. The maximum absolute atomic E-state index is 12.4. The fraction of sp³-hybridized carbons (Fsp3) is 0.222. The monoisotopic (exact) mass is 506 g/mol. The van der Waals surface area contributed by atoms with Crippen molar-refractivity contribution < 1.29 is 4.79 Å². The van der Waals surface area contributed by atoms with Gasteiger partial charge in [-0.1, -0.05) is 20.8 Å². The number of rotatable bonds is 5. The first kappa shape index (κ1) is 23.5. The summed E-state index contributed by atoms with van der Waals surface area (Å²) in [6.07, 6.45) is 12.7. The Bertz CT molecular complexity index is 1800. The van der Waals surface area contributed by atoms with Crippen LogP contribution < -0.4 is 5.32 Å². The first-order chi connectivity index (χ1) is 18.2. The van der Waals surface area contributed by atoms with E-state index in [0.717, 1.165) is 38.9 Å². The van der Waals surface area contributed by atoms with E-state index in [4.69, 9.17) is 4.98 Å². The van der Waals surface area contributed by atoms with Gasteiger partial charge in [0.1, 0.15) is 11.2 Å². The molecule has 0 spiro atoms. The predicted octanol–water partition coefficient (Wildman–Crippen LogP) is 4.83. The molecule has 3 N–H and O–H groups in total. The number of aryl methyl sites for hydroxylation is 1. The molecule has 6 heterocycles. The topological polar surface area (TPSA) is 143 Å². The summed E-state index contributed by atoms with van der Waals surface area (Å²) in [6, 6.07) is 3.88. The number of nitrogens with zero attached hydrogens (tertiary/aromatic N) is 7. The molecule has 11 nitrogen and oxygen atoms in total. The molecule has 0 atom stereocenters.